The molecule has 39 heavy (non-hydrogen) atoms. The predicted octanol–water partition coefficient (Wildman–Crippen LogP) is 4.67. The average Bonchev–Trinajstić information content (AvgIpc) is 2.84. The van der Waals surface area contributed by atoms with Crippen LogP contribution in [0.4, 0.5) is 28.9 Å². The highest BCUT2D eigenvalue weighted by atomic mass is 19.4. The number of halogens is 4. The van der Waals surface area contributed by atoms with Crippen LogP contribution in [-0.2, 0) is 22.2 Å². The fraction of sp³-hybridized carbons (Fsp3) is 0.296. The van der Waals surface area contributed by atoms with Gasteiger partial charge >= 0.3 is 6.18 Å². The third-order valence-electron chi connectivity index (χ3n) is 5.52. The lowest BCUT2D eigenvalue weighted by Crippen LogP contribution is -2.21. The van der Waals surface area contributed by atoms with Crippen LogP contribution >= 0.6 is 0 Å². The van der Waals surface area contributed by atoms with Gasteiger partial charge < -0.3 is 25.3 Å². The minimum atomic E-state index is -4.73. The van der Waals surface area contributed by atoms with Gasteiger partial charge in [0.05, 0.1) is 18.6 Å². The molecular formula is C27H28F4N4O4. The van der Waals surface area contributed by atoms with Crippen LogP contribution in [0.2, 0.25) is 0 Å². The molecule has 2 amide bonds. The van der Waals surface area contributed by atoms with Crippen molar-refractivity contribution in [2.45, 2.75) is 25.9 Å². The maximum atomic E-state index is 14.9. The number of carbonyl (C=O) groups is 2. The Morgan fingerprint density at radius 2 is 1.67 bits per heavy atom. The quantitative estimate of drug-likeness (QED) is 0.320. The molecule has 3 aromatic rings. The normalized spacial score (nSPS) is 11.4. The first kappa shape index (κ1) is 29.4. The molecule has 0 aliphatic heterocycles. The number of H-pyrrole nitrogens is 1. The van der Waals surface area contributed by atoms with Crippen LogP contribution in [-0.4, -0.2) is 48.9 Å². The number of nitrogens with one attached hydrogen (secondary N) is 3. The largest absolute Gasteiger partial charge is 0.493 e. The van der Waals surface area contributed by atoms with Crippen molar-refractivity contribution in [2.75, 3.05) is 37.9 Å². The van der Waals surface area contributed by atoms with Crippen LogP contribution < -0.4 is 20.9 Å². The van der Waals surface area contributed by atoms with Gasteiger partial charge in [-0.25, -0.2) is 4.39 Å². The highest BCUT2D eigenvalue weighted by Gasteiger charge is 2.31. The molecule has 1 aromatic heterocycles. The van der Waals surface area contributed by atoms with Gasteiger partial charge in [-0.05, 0) is 56.4 Å². The van der Waals surface area contributed by atoms with E-state index in [2.05, 4.69) is 15.6 Å². The number of rotatable bonds is 10. The number of aromatic nitrogens is 1. The Bertz CT molecular complexity index is 1400. The van der Waals surface area contributed by atoms with Gasteiger partial charge in [0.1, 0.15) is 11.6 Å². The van der Waals surface area contributed by atoms with Crippen molar-refractivity contribution in [1.82, 2.24) is 9.88 Å². The van der Waals surface area contributed by atoms with E-state index in [0.29, 0.717) is 17.7 Å². The molecule has 0 saturated carbocycles. The lowest BCUT2D eigenvalue weighted by atomic mass is 10.0. The molecule has 208 valence electrons. The molecule has 12 heteroatoms. The minimum absolute atomic E-state index is 0.00261. The fourth-order valence-corrected chi connectivity index (χ4v) is 3.67. The highest BCUT2D eigenvalue weighted by Crippen LogP contribution is 2.34. The zero-order chi connectivity index (χ0) is 28.7. The third kappa shape index (κ3) is 8.40. The topological polar surface area (TPSA) is 104 Å². The van der Waals surface area contributed by atoms with Gasteiger partial charge in [-0.3, -0.25) is 14.4 Å². The summed E-state index contributed by atoms with van der Waals surface area (Å²) in [6.07, 6.45) is -3.74. The zero-order valence-electron chi connectivity index (χ0n) is 21.5. The Kier molecular flexibility index (Phi) is 9.47. The fourth-order valence-electron chi connectivity index (χ4n) is 3.67. The van der Waals surface area contributed by atoms with Crippen molar-refractivity contribution in [3.05, 3.63) is 76.0 Å². The van der Waals surface area contributed by atoms with E-state index in [1.54, 1.807) is 25.9 Å². The summed E-state index contributed by atoms with van der Waals surface area (Å²) >= 11 is 0. The first-order valence-corrected chi connectivity index (χ1v) is 12.0. The first-order valence-electron chi connectivity index (χ1n) is 12.0. The van der Waals surface area contributed by atoms with Crippen molar-refractivity contribution in [1.29, 1.82) is 0 Å². The van der Waals surface area contributed by atoms with Crippen LogP contribution in [0.15, 0.2) is 53.5 Å². The van der Waals surface area contributed by atoms with Gasteiger partial charge in [-0.1, -0.05) is 12.1 Å². The van der Waals surface area contributed by atoms with Gasteiger partial charge in [0, 0.05) is 42.2 Å². The van der Waals surface area contributed by atoms with E-state index in [9.17, 15) is 31.9 Å². The first-order chi connectivity index (χ1) is 18.3. The van der Waals surface area contributed by atoms with E-state index in [1.165, 1.54) is 36.5 Å². The number of benzene rings is 2. The van der Waals surface area contributed by atoms with Crippen LogP contribution in [0, 0.1) is 5.82 Å². The number of ether oxygens (including phenoxy) is 1. The number of carbonyl (C=O) groups excluding carboxylic acids is 2. The third-order valence-corrected chi connectivity index (χ3v) is 5.52. The molecule has 0 unspecified atom stereocenters. The van der Waals surface area contributed by atoms with Crippen LogP contribution in [0.3, 0.4) is 0 Å². The zero-order valence-corrected chi connectivity index (χ0v) is 21.5. The van der Waals surface area contributed by atoms with Gasteiger partial charge in [-0.15, -0.1) is 0 Å². The van der Waals surface area contributed by atoms with E-state index in [-0.39, 0.29) is 41.3 Å². The molecule has 0 bridgehead atoms. The van der Waals surface area contributed by atoms with E-state index in [0.717, 1.165) is 12.1 Å². The molecule has 1 heterocycles. The SMILES string of the molecule is CCOc1cc(=O)[nH]cc1-c1ccc(CC(=O)Nc2cc(NC(=O)CCN(C)C)cc(C(F)(F)F)c2)c(F)c1. The number of anilines is 2. The summed E-state index contributed by atoms with van der Waals surface area (Å²) < 4.78 is 60.7. The maximum absolute atomic E-state index is 14.9. The summed E-state index contributed by atoms with van der Waals surface area (Å²) in [7, 11) is 3.51. The number of aromatic amines is 1. The molecule has 2 aromatic carbocycles. The van der Waals surface area contributed by atoms with E-state index in [4.69, 9.17) is 4.74 Å². The molecule has 3 rings (SSSR count). The smallest absolute Gasteiger partial charge is 0.416 e. The van der Waals surface area contributed by atoms with Crippen molar-refractivity contribution < 1.29 is 31.9 Å². The van der Waals surface area contributed by atoms with Crippen molar-refractivity contribution in [2.24, 2.45) is 0 Å². The number of hydrogen-bond acceptors (Lipinski definition) is 5. The van der Waals surface area contributed by atoms with Crippen LogP contribution in [0.1, 0.15) is 24.5 Å². The predicted molar refractivity (Wildman–Crippen MR) is 139 cm³/mol. The number of hydrogen-bond donors (Lipinski definition) is 3. The van der Waals surface area contributed by atoms with Gasteiger partial charge in [0.2, 0.25) is 11.8 Å². The second-order valence-electron chi connectivity index (χ2n) is 8.94. The van der Waals surface area contributed by atoms with Gasteiger partial charge in [0.25, 0.3) is 5.56 Å². The van der Waals surface area contributed by atoms with Crippen molar-refractivity contribution >= 4 is 23.2 Å². The summed E-state index contributed by atoms with van der Waals surface area (Å²) in [5.74, 6) is -1.71. The molecule has 0 spiro atoms. The number of amides is 2. The number of pyridine rings is 1. The second-order valence-corrected chi connectivity index (χ2v) is 8.94. The Morgan fingerprint density at radius 3 is 2.26 bits per heavy atom. The monoisotopic (exact) mass is 548 g/mol. The van der Waals surface area contributed by atoms with E-state index >= 15 is 0 Å². The summed E-state index contributed by atoms with van der Waals surface area (Å²) in [5, 5.41) is 4.76. The molecule has 8 nitrogen and oxygen atoms in total. The average molecular weight is 549 g/mol. The second kappa shape index (κ2) is 12.6. The summed E-state index contributed by atoms with van der Waals surface area (Å²) in [5.41, 5.74) is -0.955. The molecular weight excluding hydrogens is 520 g/mol. The van der Waals surface area contributed by atoms with Crippen LogP contribution in [0.5, 0.6) is 5.75 Å². The highest BCUT2D eigenvalue weighted by molar-refractivity contribution is 5.95. The lowest BCUT2D eigenvalue weighted by molar-refractivity contribution is -0.137. The van der Waals surface area contributed by atoms with E-state index < -0.39 is 35.8 Å². The Hall–Kier alpha value is -4.19. The summed E-state index contributed by atoms with van der Waals surface area (Å²) in [6, 6.07) is 8.02. The minimum Gasteiger partial charge on any atom is -0.493 e. The summed E-state index contributed by atoms with van der Waals surface area (Å²) in [6.45, 7) is 2.42. The lowest BCUT2D eigenvalue weighted by Gasteiger charge is -2.15. The maximum Gasteiger partial charge on any atom is 0.416 e. The molecule has 0 atom stereocenters. The van der Waals surface area contributed by atoms with Gasteiger partial charge in [0.15, 0.2) is 0 Å². The molecule has 0 saturated heterocycles. The molecule has 0 aliphatic carbocycles. The molecule has 0 radical (unpaired) electrons. The number of alkyl halides is 3. The number of nitrogens with zero attached hydrogens (tertiary/aromatic N) is 1. The van der Waals surface area contributed by atoms with E-state index in [1.807, 2.05) is 0 Å². The molecule has 0 fully saturated rings. The Morgan fingerprint density at radius 1 is 1.00 bits per heavy atom. The molecule has 0 aliphatic rings. The summed E-state index contributed by atoms with van der Waals surface area (Å²) in [4.78, 5) is 40.6. The Labute approximate surface area is 222 Å². The van der Waals surface area contributed by atoms with Gasteiger partial charge in [-0.2, -0.15) is 13.2 Å². The Balaban J connectivity index is 1.78. The molecule has 3 N–H and O–H groups in total. The van der Waals surface area contributed by atoms with Crippen LogP contribution in [0.25, 0.3) is 11.1 Å². The van der Waals surface area contributed by atoms with Crippen molar-refractivity contribution in [3.8, 4) is 16.9 Å². The van der Waals surface area contributed by atoms with Crippen molar-refractivity contribution in [3.63, 3.8) is 0 Å². The standard InChI is InChI=1S/C27H28F4N4O4/c1-4-39-23-14-25(37)32-15-21(23)16-5-6-17(22(28)9-16)10-26(38)34-20-12-18(27(29,30)31)11-19(13-20)33-24(36)7-8-35(2)3/h5-6,9,11-15H,4,7-8,10H2,1-3H3,(H,32,37)(H,33,36)(H,34,38).